The molecule has 0 bridgehead atoms. The Balaban J connectivity index is 1.57. The average molecular weight is 485 g/mol. The summed E-state index contributed by atoms with van der Waals surface area (Å²) in [5.74, 6) is -0.263. The van der Waals surface area contributed by atoms with Gasteiger partial charge in [0.15, 0.2) is 0 Å². The van der Waals surface area contributed by atoms with Crippen LogP contribution in [0.3, 0.4) is 0 Å². The summed E-state index contributed by atoms with van der Waals surface area (Å²) in [7, 11) is -3.78. The Kier molecular flexibility index (Phi) is 8.10. The summed E-state index contributed by atoms with van der Waals surface area (Å²) in [6, 6.07) is 12.2. The molecule has 166 valence electrons. The average Bonchev–Trinajstić information content (AvgIpc) is 2.76. The van der Waals surface area contributed by atoms with Crippen molar-refractivity contribution in [2.24, 2.45) is 0 Å². The summed E-state index contributed by atoms with van der Waals surface area (Å²) in [6.45, 7) is -0.136. The van der Waals surface area contributed by atoms with Crippen molar-refractivity contribution >= 4 is 39.1 Å². The van der Waals surface area contributed by atoms with Gasteiger partial charge in [0.1, 0.15) is 6.10 Å². The second-order valence-electron chi connectivity index (χ2n) is 6.97. The number of aliphatic hydroxyl groups is 1. The molecule has 7 nitrogen and oxygen atoms in total. The summed E-state index contributed by atoms with van der Waals surface area (Å²) in [6.07, 6.45) is 1.82. The first-order valence-electron chi connectivity index (χ1n) is 9.51. The van der Waals surface area contributed by atoms with E-state index in [1.807, 2.05) is 0 Å². The highest BCUT2D eigenvalue weighted by atomic mass is 35.5. The Labute approximate surface area is 191 Å². The van der Waals surface area contributed by atoms with E-state index >= 15 is 0 Å². The molecule has 0 unspecified atom stereocenters. The van der Waals surface area contributed by atoms with Crippen LogP contribution in [0.15, 0.2) is 65.6 Å². The van der Waals surface area contributed by atoms with Crippen LogP contribution in [0, 0.1) is 0 Å². The number of hydrogen-bond donors (Lipinski definition) is 3. The molecule has 1 heterocycles. The Hall–Kier alpha value is -1.94. The molecular weight excluding hydrogens is 463 g/mol. The number of carbonyl (C=O) groups excluding carboxylic acids is 1. The van der Waals surface area contributed by atoms with E-state index in [1.165, 1.54) is 12.1 Å². The largest absolute Gasteiger partial charge is 0.394 e. The molecular formula is C21H22Cl2N2O5S. The van der Waals surface area contributed by atoms with Crippen LogP contribution in [0.2, 0.25) is 10.0 Å². The molecule has 0 spiro atoms. The van der Waals surface area contributed by atoms with Crippen LogP contribution in [0.4, 0.5) is 0 Å². The monoisotopic (exact) mass is 484 g/mol. The molecule has 10 heteroatoms. The molecule has 0 aromatic heterocycles. The minimum absolute atomic E-state index is 0.0203. The number of halogens is 2. The van der Waals surface area contributed by atoms with E-state index in [-0.39, 0.29) is 23.8 Å². The van der Waals surface area contributed by atoms with Crippen molar-refractivity contribution in [2.75, 3.05) is 6.61 Å². The van der Waals surface area contributed by atoms with Crippen molar-refractivity contribution in [1.82, 2.24) is 10.0 Å². The highest BCUT2D eigenvalue weighted by Gasteiger charge is 2.31. The first kappa shape index (κ1) is 23.7. The molecule has 2 aromatic rings. The number of hydrogen-bond acceptors (Lipinski definition) is 5. The molecule has 0 radical (unpaired) electrons. The molecule has 1 amide bonds. The lowest BCUT2D eigenvalue weighted by Crippen LogP contribution is -2.48. The lowest BCUT2D eigenvalue weighted by atomic mass is 10.1. The normalized spacial score (nSPS) is 21.1. The van der Waals surface area contributed by atoms with E-state index < -0.39 is 34.9 Å². The summed E-state index contributed by atoms with van der Waals surface area (Å²) in [5, 5.41) is 13.3. The van der Waals surface area contributed by atoms with Gasteiger partial charge in [0.2, 0.25) is 15.9 Å². The summed E-state index contributed by atoms with van der Waals surface area (Å²) in [5.41, 5.74) is 0.798. The zero-order chi connectivity index (χ0) is 22.4. The van der Waals surface area contributed by atoms with Gasteiger partial charge in [-0.05, 0) is 29.8 Å². The van der Waals surface area contributed by atoms with Crippen molar-refractivity contribution in [2.45, 2.75) is 36.1 Å². The van der Waals surface area contributed by atoms with Crippen LogP contribution in [-0.2, 0) is 26.1 Å². The first-order chi connectivity index (χ1) is 14.8. The van der Waals surface area contributed by atoms with E-state index in [1.54, 1.807) is 48.6 Å². The second kappa shape index (κ2) is 10.6. The predicted octanol–water partition coefficient (Wildman–Crippen LogP) is 2.66. The van der Waals surface area contributed by atoms with Crippen molar-refractivity contribution in [3.05, 3.63) is 76.3 Å². The third-order valence-electron chi connectivity index (χ3n) is 4.67. The molecule has 1 aliphatic rings. The van der Waals surface area contributed by atoms with Gasteiger partial charge in [-0.3, -0.25) is 4.79 Å². The quantitative estimate of drug-likeness (QED) is 0.499. The fourth-order valence-corrected chi connectivity index (χ4v) is 4.62. The minimum atomic E-state index is -3.78. The maximum atomic E-state index is 12.5. The Morgan fingerprint density at radius 1 is 1.06 bits per heavy atom. The van der Waals surface area contributed by atoms with Gasteiger partial charge in [0.05, 0.1) is 40.1 Å². The highest BCUT2D eigenvalue weighted by molar-refractivity contribution is 7.89. The third-order valence-corrected chi connectivity index (χ3v) is 6.88. The molecule has 3 atom stereocenters. The standard InChI is InChI=1S/C21H22Cl2N2O5S/c22-17-8-6-14(10-18(17)23)12-24-21(27)11-15-7-9-19(20(13-26)30-15)25-31(28,29)16-4-2-1-3-5-16/h1-10,15,19-20,25-26H,11-13H2,(H,24,27)/t15-,19-,20+/m1/s1. The number of amides is 1. The van der Waals surface area contributed by atoms with Gasteiger partial charge < -0.3 is 15.2 Å². The van der Waals surface area contributed by atoms with Gasteiger partial charge in [-0.2, -0.15) is 0 Å². The number of rotatable bonds is 8. The maximum absolute atomic E-state index is 12.5. The van der Waals surface area contributed by atoms with Crippen LogP contribution >= 0.6 is 23.2 Å². The molecule has 1 aliphatic heterocycles. The topological polar surface area (TPSA) is 105 Å². The summed E-state index contributed by atoms with van der Waals surface area (Å²) in [4.78, 5) is 12.4. The van der Waals surface area contributed by atoms with E-state index in [4.69, 9.17) is 27.9 Å². The molecule has 0 saturated heterocycles. The van der Waals surface area contributed by atoms with Crippen LogP contribution in [0.1, 0.15) is 12.0 Å². The van der Waals surface area contributed by atoms with Crippen LogP contribution in [0.5, 0.6) is 0 Å². The van der Waals surface area contributed by atoms with Crippen LogP contribution < -0.4 is 10.0 Å². The number of nitrogens with one attached hydrogen (secondary N) is 2. The predicted molar refractivity (Wildman–Crippen MR) is 118 cm³/mol. The minimum Gasteiger partial charge on any atom is -0.394 e. The molecule has 31 heavy (non-hydrogen) atoms. The van der Waals surface area contributed by atoms with Gasteiger partial charge in [-0.1, -0.05) is 59.6 Å². The molecule has 3 rings (SSSR count). The third kappa shape index (κ3) is 6.52. The van der Waals surface area contributed by atoms with Crippen molar-refractivity contribution in [1.29, 1.82) is 0 Å². The maximum Gasteiger partial charge on any atom is 0.241 e. The summed E-state index contributed by atoms with van der Waals surface area (Å²) < 4.78 is 33.3. The lowest BCUT2D eigenvalue weighted by molar-refractivity contribution is -0.125. The Morgan fingerprint density at radius 2 is 1.81 bits per heavy atom. The van der Waals surface area contributed by atoms with Gasteiger partial charge in [0, 0.05) is 6.54 Å². The zero-order valence-corrected chi connectivity index (χ0v) is 18.7. The van der Waals surface area contributed by atoms with Crippen LogP contribution in [0.25, 0.3) is 0 Å². The van der Waals surface area contributed by atoms with E-state index in [9.17, 15) is 18.3 Å². The number of benzene rings is 2. The van der Waals surface area contributed by atoms with Crippen molar-refractivity contribution < 1.29 is 23.1 Å². The van der Waals surface area contributed by atoms with Crippen LogP contribution in [-0.4, -0.2) is 44.3 Å². The molecule has 0 aliphatic carbocycles. The molecule has 2 aromatic carbocycles. The van der Waals surface area contributed by atoms with E-state index in [0.29, 0.717) is 10.0 Å². The Bertz CT molecular complexity index is 1050. The number of carbonyl (C=O) groups is 1. The smallest absolute Gasteiger partial charge is 0.241 e. The van der Waals surface area contributed by atoms with Gasteiger partial charge in [-0.15, -0.1) is 0 Å². The van der Waals surface area contributed by atoms with Gasteiger partial charge in [-0.25, -0.2) is 13.1 Å². The fraction of sp³-hybridized carbons (Fsp3) is 0.286. The van der Waals surface area contributed by atoms with Crippen molar-refractivity contribution in [3.8, 4) is 0 Å². The Morgan fingerprint density at radius 3 is 2.48 bits per heavy atom. The van der Waals surface area contributed by atoms with Gasteiger partial charge in [0.25, 0.3) is 0 Å². The SMILES string of the molecule is O=C(C[C@H]1C=C[C@@H](NS(=O)(=O)c2ccccc2)[C@H](CO)O1)NCc1ccc(Cl)c(Cl)c1. The fourth-order valence-electron chi connectivity index (χ4n) is 3.06. The zero-order valence-electron chi connectivity index (χ0n) is 16.4. The first-order valence-corrected chi connectivity index (χ1v) is 11.7. The number of sulfonamides is 1. The molecule has 0 saturated carbocycles. The van der Waals surface area contributed by atoms with Crippen molar-refractivity contribution in [3.63, 3.8) is 0 Å². The van der Waals surface area contributed by atoms with Gasteiger partial charge >= 0.3 is 0 Å². The molecule has 0 fully saturated rings. The summed E-state index contributed by atoms with van der Waals surface area (Å²) >= 11 is 11.8. The second-order valence-corrected chi connectivity index (χ2v) is 9.50. The molecule has 3 N–H and O–H groups in total. The lowest BCUT2D eigenvalue weighted by Gasteiger charge is -2.31. The number of ether oxygens (including phenoxy) is 1. The van der Waals surface area contributed by atoms with E-state index in [2.05, 4.69) is 10.0 Å². The van der Waals surface area contributed by atoms with E-state index in [0.717, 1.165) is 5.56 Å². The highest BCUT2D eigenvalue weighted by Crippen LogP contribution is 2.22. The number of aliphatic hydroxyl groups excluding tert-OH is 1.